The number of hydrogen-bond donors (Lipinski definition) is 1. The average molecular weight is 362 g/mol. The lowest BCUT2D eigenvalue weighted by Gasteiger charge is -2.38. The van der Waals surface area contributed by atoms with Gasteiger partial charge in [-0.15, -0.1) is 0 Å². The van der Waals surface area contributed by atoms with Gasteiger partial charge in [0.05, 0.1) is 6.10 Å². The van der Waals surface area contributed by atoms with E-state index in [1.807, 2.05) is 25.1 Å². The van der Waals surface area contributed by atoms with Crippen molar-refractivity contribution in [2.24, 2.45) is 5.92 Å². The molecule has 0 unspecified atom stereocenters. The lowest BCUT2D eigenvalue weighted by atomic mass is 9.78. The summed E-state index contributed by atoms with van der Waals surface area (Å²) in [5.74, 6) is 1.54. The van der Waals surface area contributed by atoms with Crippen LogP contribution in [0.15, 0.2) is 18.2 Å². The van der Waals surface area contributed by atoms with E-state index in [1.54, 1.807) is 0 Å². The minimum absolute atomic E-state index is 0.00663. The van der Waals surface area contributed by atoms with E-state index in [9.17, 15) is 4.79 Å². The predicted octanol–water partition coefficient (Wildman–Crippen LogP) is 5.49. The molecule has 26 heavy (non-hydrogen) atoms. The van der Waals surface area contributed by atoms with Crippen molar-refractivity contribution in [3.05, 3.63) is 23.8 Å². The van der Waals surface area contributed by atoms with Crippen LogP contribution in [0.3, 0.4) is 0 Å². The summed E-state index contributed by atoms with van der Waals surface area (Å²) in [4.78, 5) is 13.1. The molecule has 2 rings (SSSR count). The first-order chi connectivity index (χ1) is 12.4. The van der Waals surface area contributed by atoms with Crippen molar-refractivity contribution in [1.29, 1.82) is 0 Å². The highest BCUT2D eigenvalue weighted by molar-refractivity contribution is 5.97. The van der Waals surface area contributed by atoms with Crippen molar-refractivity contribution in [2.45, 2.75) is 84.8 Å². The molecule has 1 N–H and O–H groups in total. The zero-order chi connectivity index (χ0) is 19.2. The van der Waals surface area contributed by atoms with Crippen LogP contribution in [-0.4, -0.2) is 24.2 Å². The molecule has 1 atom stereocenters. The maximum Gasteiger partial charge on any atom is 0.256 e. The van der Waals surface area contributed by atoms with E-state index in [2.05, 4.69) is 33.0 Å². The Labute approximate surface area is 158 Å². The molecule has 4 nitrogen and oxygen atoms in total. The molecular formula is C22H35NO3. The number of benzene rings is 1. The minimum atomic E-state index is -0.678. The Morgan fingerprint density at radius 1 is 1.31 bits per heavy atom. The summed E-state index contributed by atoms with van der Waals surface area (Å²) in [6.07, 6.45) is 5.75. The van der Waals surface area contributed by atoms with Crippen LogP contribution in [0.2, 0.25) is 0 Å². The van der Waals surface area contributed by atoms with E-state index >= 15 is 0 Å². The number of rotatable bonds is 8. The number of amides is 1. The maximum absolute atomic E-state index is 13.1. The van der Waals surface area contributed by atoms with Crippen molar-refractivity contribution < 1.29 is 14.3 Å². The normalized spacial score (nSPS) is 24.1. The molecule has 0 aromatic heterocycles. The monoisotopic (exact) mass is 361 g/mol. The molecule has 0 heterocycles. The Bertz CT molecular complexity index is 586. The zero-order valence-electron chi connectivity index (χ0n) is 17.1. The van der Waals surface area contributed by atoms with Crippen LogP contribution in [-0.2, 0) is 9.53 Å². The van der Waals surface area contributed by atoms with Crippen molar-refractivity contribution in [3.8, 4) is 5.75 Å². The topological polar surface area (TPSA) is 47.6 Å². The van der Waals surface area contributed by atoms with Crippen LogP contribution < -0.4 is 10.1 Å². The molecule has 1 amide bonds. The summed E-state index contributed by atoms with van der Waals surface area (Å²) >= 11 is 0. The third-order valence-corrected chi connectivity index (χ3v) is 5.41. The highest BCUT2D eigenvalue weighted by atomic mass is 16.5. The largest absolute Gasteiger partial charge is 0.490 e. The summed E-state index contributed by atoms with van der Waals surface area (Å²) in [5, 5.41) is 3.09. The molecule has 0 bridgehead atoms. The second-order valence-corrected chi connectivity index (χ2v) is 7.80. The van der Waals surface area contributed by atoms with E-state index < -0.39 is 5.60 Å². The lowest BCUT2D eigenvalue weighted by molar-refractivity contribution is -0.147. The average Bonchev–Trinajstić information content (AvgIpc) is 2.63. The Morgan fingerprint density at radius 3 is 2.58 bits per heavy atom. The quantitative estimate of drug-likeness (QED) is 0.666. The molecule has 1 aliphatic carbocycles. The number of carbonyl (C=O) groups is 1. The minimum Gasteiger partial charge on any atom is -0.490 e. The highest BCUT2D eigenvalue weighted by Gasteiger charge is 2.42. The Morgan fingerprint density at radius 2 is 2.00 bits per heavy atom. The number of carbonyl (C=O) groups excluding carboxylic acids is 1. The van der Waals surface area contributed by atoms with Gasteiger partial charge in [-0.25, -0.2) is 0 Å². The van der Waals surface area contributed by atoms with Gasteiger partial charge in [0.1, 0.15) is 11.4 Å². The number of nitrogens with one attached hydrogen (secondary N) is 1. The van der Waals surface area contributed by atoms with Crippen molar-refractivity contribution >= 4 is 11.6 Å². The number of ether oxygens (including phenoxy) is 2. The molecule has 0 spiro atoms. The van der Waals surface area contributed by atoms with Crippen LogP contribution >= 0.6 is 0 Å². The third kappa shape index (κ3) is 5.23. The first kappa shape index (κ1) is 20.8. The van der Waals surface area contributed by atoms with E-state index in [4.69, 9.17) is 9.47 Å². The number of aryl methyl sites for hydroxylation is 1. The van der Waals surface area contributed by atoms with Gasteiger partial charge in [0.2, 0.25) is 0 Å². The molecule has 0 saturated heterocycles. The van der Waals surface area contributed by atoms with E-state index in [-0.39, 0.29) is 12.0 Å². The molecule has 0 radical (unpaired) electrons. The van der Waals surface area contributed by atoms with E-state index in [0.717, 1.165) is 55.5 Å². The third-order valence-electron chi connectivity index (χ3n) is 5.41. The van der Waals surface area contributed by atoms with Crippen molar-refractivity contribution in [2.75, 3.05) is 11.9 Å². The van der Waals surface area contributed by atoms with E-state index in [1.165, 1.54) is 0 Å². The number of hydrogen-bond acceptors (Lipinski definition) is 3. The summed E-state index contributed by atoms with van der Waals surface area (Å²) in [7, 11) is 0. The molecule has 1 fully saturated rings. The standard InChI is InChI=1S/C22H35NO3/c1-6-14-25-22(12-10-16(3)11-13-22)21(24)23-19-8-9-20(17(4)15-19)26-18(5)7-2/h8-9,15-16,18H,6-7,10-14H2,1-5H3,(H,23,24)/t16?,18-,22?/m1/s1. The molecule has 0 aliphatic heterocycles. The summed E-state index contributed by atoms with van der Waals surface area (Å²) in [6, 6.07) is 5.84. The van der Waals surface area contributed by atoms with Gasteiger partial charge in [0.25, 0.3) is 5.91 Å². The molecule has 1 aromatic carbocycles. The fourth-order valence-corrected chi connectivity index (χ4v) is 3.37. The molecule has 1 aromatic rings. The summed E-state index contributed by atoms with van der Waals surface area (Å²) < 4.78 is 12.0. The van der Waals surface area contributed by atoms with Gasteiger partial charge in [0, 0.05) is 12.3 Å². The van der Waals surface area contributed by atoms with Crippen molar-refractivity contribution in [1.82, 2.24) is 0 Å². The Hall–Kier alpha value is -1.55. The zero-order valence-corrected chi connectivity index (χ0v) is 17.1. The van der Waals surface area contributed by atoms with Gasteiger partial charge in [-0.1, -0.05) is 20.8 Å². The fraction of sp³-hybridized carbons (Fsp3) is 0.682. The Balaban J connectivity index is 2.09. The second-order valence-electron chi connectivity index (χ2n) is 7.80. The Kier molecular flexibility index (Phi) is 7.51. The summed E-state index contributed by atoms with van der Waals surface area (Å²) in [5.41, 5.74) is 1.16. The summed E-state index contributed by atoms with van der Waals surface area (Å²) in [6.45, 7) is 11.1. The smallest absolute Gasteiger partial charge is 0.256 e. The van der Waals surface area contributed by atoms with Crippen LogP contribution in [0.4, 0.5) is 5.69 Å². The lowest BCUT2D eigenvalue weighted by Crippen LogP contribution is -2.48. The SMILES string of the molecule is CCCOC1(C(=O)Nc2ccc(O[C@H](C)CC)c(C)c2)CCC(C)CC1. The van der Waals surface area contributed by atoms with Gasteiger partial charge < -0.3 is 14.8 Å². The molecule has 4 heteroatoms. The molecule has 1 saturated carbocycles. The van der Waals surface area contributed by atoms with Gasteiger partial charge in [-0.3, -0.25) is 4.79 Å². The molecule has 1 aliphatic rings. The van der Waals surface area contributed by atoms with Crippen LogP contribution in [0.1, 0.15) is 71.8 Å². The van der Waals surface area contributed by atoms with Gasteiger partial charge in [-0.2, -0.15) is 0 Å². The number of anilines is 1. The van der Waals surface area contributed by atoms with Crippen LogP contribution in [0.25, 0.3) is 0 Å². The van der Waals surface area contributed by atoms with Gasteiger partial charge in [-0.05, 0) is 82.1 Å². The fourth-order valence-electron chi connectivity index (χ4n) is 3.37. The maximum atomic E-state index is 13.1. The predicted molar refractivity (Wildman–Crippen MR) is 107 cm³/mol. The second kappa shape index (κ2) is 9.40. The van der Waals surface area contributed by atoms with Crippen molar-refractivity contribution in [3.63, 3.8) is 0 Å². The molecule has 146 valence electrons. The first-order valence-electron chi connectivity index (χ1n) is 10.1. The van der Waals surface area contributed by atoms with Crippen LogP contribution in [0.5, 0.6) is 5.75 Å². The van der Waals surface area contributed by atoms with Gasteiger partial charge >= 0.3 is 0 Å². The highest BCUT2D eigenvalue weighted by Crippen LogP contribution is 2.36. The van der Waals surface area contributed by atoms with Crippen LogP contribution in [0, 0.1) is 12.8 Å². The first-order valence-corrected chi connectivity index (χ1v) is 10.1. The van der Waals surface area contributed by atoms with Gasteiger partial charge in [0.15, 0.2) is 0 Å². The van der Waals surface area contributed by atoms with E-state index in [0.29, 0.717) is 12.5 Å². The molecular weight excluding hydrogens is 326 g/mol.